The quantitative estimate of drug-likeness (QED) is 0.635. The second-order valence-electron chi connectivity index (χ2n) is 0.540. The fraction of sp³-hybridized carbons (Fsp3) is 0. The molecule has 0 aliphatic rings. The zero-order chi connectivity index (χ0) is 5.45. The molecule has 0 N–H and O–H groups in total. The monoisotopic (exact) mass is 272 g/mol. The summed E-state index contributed by atoms with van der Waals surface area (Å²) >= 11 is 0. The van der Waals surface area contributed by atoms with Crippen LogP contribution in [0.5, 0.6) is 0 Å². The summed E-state index contributed by atoms with van der Waals surface area (Å²) in [5.74, 6) is 0. The van der Waals surface area contributed by atoms with Crippen LogP contribution >= 0.6 is 47.9 Å². The van der Waals surface area contributed by atoms with Gasteiger partial charge in [-0.15, -0.1) is 0 Å². The van der Waals surface area contributed by atoms with Crippen LogP contribution in [0.15, 0.2) is 0 Å². The predicted molar refractivity (Wildman–Crippen MR) is 29.3 cm³/mol. The first-order chi connectivity index (χ1) is 2.24. The molecular weight excluding hydrogens is 275 g/mol. The Bertz CT molecular complexity index is 37.1. The van der Waals surface area contributed by atoms with E-state index in [0.29, 0.717) is 0 Å². The van der Waals surface area contributed by atoms with E-state index in [1.807, 2.05) is 0 Å². The molecule has 0 atom stereocenters. The molecule has 42 valence electrons. The molecule has 0 radical (unpaired) electrons. The van der Waals surface area contributed by atoms with Crippen LogP contribution in [0.1, 0.15) is 0 Å². The first-order valence-electron chi connectivity index (χ1n) is 0.714. The summed E-state index contributed by atoms with van der Waals surface area (Å²) in [7, 11) is 21.0. The Labute approximate surface area is 56.4 Å². The zero-order valence-corrected chi connectivity index (χ0v) is 7.91. The van der Waals surface area contributed by atoms with E-state index >= 15 is 0 Å². The van der Waals surface area contributed by atoms with Gasteiger partial charge in [0.2, 0.25) is 0 Å². The average Bonchev–Trinajstić information content (AvgIpc) is 0.650. The normalized spacial score (nSPS) is 19.2. The van der Waals surface area contributed by atoms with Gasteiger partial charge in [0, 0.05) is 0 Å². The predicted octanol–water partition coefficient (Wildman–Crippen LogP) is 3.44. The van der Waals surface area contributed by atoms with Gasteiger partial charge in [-0.25, -0.2) is 0 Å². The van der Waals surface area contributed by atoms with Crippen LogP contribution in [0.4, 0.5) is 0 Å². The molecule has 0 saturated heterocycles. The van der Waals surface area contributed by atoms with Crippen molar-refractivity contribution < 1.29 is 9.02 Å². The molecule has 0 rings (SSSR count). The molecule has 0 spiro atoms. The first-order valence-corrected chi connectivity index (χ1v) is 12.7. The van der Waals surface area contributed by atoms with Crippen LogP contribution in [0, 0.1) is 0 Å². The maximum absolute atomic E-state index is 5.03. The Kier molecular flexibility index (Phi) is 2.44. The molecule has 0 fully saturated rings. The molecule has 0 heterocycles. The SMILES string of the molecule is [Cl][Tc]([Cl])([Cl])([Cl])[Cl]. The number of halogens is 5. The van der Waals surface area contributed by atoms with Crippen molar-refractivity contribution in [1.82, 2.24) is 0 Å². The van der Waals surface area contributed by atoms with Gasteiger partial charge in [-0.1, -0.05) is 0 Å². The standard InChI is InChI=1S/5ClH.Tc/h5*1H;/q;;;;;+5/p-5. The van der Waals surface area contributed by atoms with Crippen LogP contribution in [0.25, 0.3) is 0 Å². The van der Waals surface area contributed by atoms with Gasteiger partial charge in [-0.05, 0) is 0 Å². The molecule has 6 heavy (non-hydrogen) atoms. The Morgan fingerprint density at radius 1 is 0.667 bits per heavy atom. The van der Waals surface area contributed by atoms with Crippen LogP contribution < -0.4 is 0 Å². The first kappa shape index (κ1) is 8.10. The van der Waals surface area contributed by atoms with E-state index in [4.69, 9.17) is 47.9 Å². The van der Waals surface area contributed by atoms with Gasteiger partial charge in [0.25, 0.3) is 0 Å². The van der Waals surface area contributed by atoms with E-state index in [9.17, 15) is 0 Å². The summed E-state index contributed by atoms with van der Waals surface area (Å²) in [5.41, 5.74) is 0. The Hall–Kier alpha value is 2.10. The van der Waals surface area contributed by atoms with E-state index < -0.39 is 9.02 Å². The van der Waals surface area contributed by atoms with E-state index in [0.717, 1.165) is 0 Å². The topological polar surface area (TPSA) is 0 Å². The van der Waals surface area contributed by atoms with Gasteiger partial charge in [0.1, 0.15) is 0 Å². The fourth-order valence-corrected chi connectivity index (χ4v) is 0. The van der Waals surface area contributed by atoms with Crippen molar-refractivity contribution in [3.8, 4) is 0 Å². The summed E-state index contributed by atoms with van der Waals surface area (Å²) < 4.78 is 0. The summed E-state index contributed by atoms with van der Waals surface area (Å²) in [6.45, 7) is 0. The van der Waals surface area contributed by atoms with Gasteiger partial charge in [0.15, 0.2) is 0 Å². The molecule has 0 amide bonds. The number of rotatable bonds is 0. The van der Waals surface area contributed by atoms with E-state index in [2.05, 4.69) is 0 Å². The van der Waals surface area contributed by atoms with Crippen molar-refractivity contribution in [3.05, 3.63) is 0 Å². The number of hydrogen-bond donors (Lipinski definition) is 0. The van der Waals surface area contributed by atoms with Crippen molar-refractivity contribution in [2.75, 3.05) is 0 Å². The van der Waals surface area contributed by atoms with Gasteiger partial charge in [-0.2, -0.15) is 0 Å². The van der Waals surface area contributed by atoms with Gasteiger partial charge in [0.05, 0.1) is 0 Å². The van der Waals surface area contributed by atoms with E-state index in [1.165, 1.54) is 0 Å². The van der Waals surface area contributed by atoms with Crippen LogP contribution in [0.3, 0.4) is 0 Å². The molecule has 6 heteroatoms. The second kappa shape index (κ2) is 1.80. The fourth-order valence-electron chi connectivity index (χ4n) is 0. The molecule has 0 aromatic carbocycles. The summed E-state index contributed by atoms with van der Waals surface area (Å²) in [6.07, 6.45) is 0. The summed E-state index contributed by atoms with van der Waals surface area (Å²) in [4.78, 5) is 0. The molecule has 0 saturated carbocycles. The van der Waals surface area contributed by atoms with Gasteiger partial charge >= 0.3 is 56.9 Å². The minimum absolute atomic E-state index is 4.18. The molecule has 0 nitrogen and oxygen atoms in total. The molecule has 0 unspecified atom stereocenters. The van der Waals surface area contributed by atoms with Crippen molar-refractivity contribution in [2.45, 2.75) is 0 Å². The van der Waals surface area contributed by atoms with Crippen molar-refractivity contribution in [1.29, 1.82) is 0 Å². The molecule has 0 aromatic heterocycles. The minimum atomic E-state index is -4.18. The zero-order valence-electron chi connectivity index (χ0n) is 2.27. The number of hydrogen-bond acceptors (Lipinski definition) is 0. The van der Waals surface area contributed by atoms with Crippen LogP contribution in [-0.4, -0.2) is 0 Å². The van der Waals surface area contributed by atoms with E-state index in [-0.39, 0.29) is 0 Å². The van der Waals surface area contributed by atoms with Crippen molar-refractivity contribution >= 4 is 47.9 Å². The Balaban J connectivity index is 3.73. The Morgan fingerprint density at radius 3 is 0.667 bits per heavy atom. The summed E-state index contributed by atoms with van der Waals surface area (Å²) in [6, 6.07) is 0. The third kappa shape index (κ3) is 36.0. The van der Waals surface area contributed by atoms with Crippen molar-refractivity contribution in [2.24, 2.45) is 0 Å². The van der Waals surface area contributed by atoms with Crippen LogP contribution in [-0.2, 0) is 9.02 Å². The van der Waals surface area contributed by atoms with Gasteiger partial charge < -0.3 is 0 Å². The molecule has 0 aliphatic heterocycles. The molecule has 0 bridgehead atoms. The molecule has 0 aromatic rings. The second-order valence-corrected chi connectivity index (χ2v) is 28.7. The van der Waals surface area contributed by atoms with Gasteiger partial charge in [-0.3, -0.25) is 0 Å². The molecular formula is Cl5Tc. The van der Waals surface area contributed by atoms with Crippen molar-refractivity contribution in [3.63, 3.8) is 0 Å². The van der Waals surface area contributed by atoms with Crippen LogP contribution in [0.2, 0.25) is 0 Å². The van der Waals surface area contributed by atoms with E-state index in [1.54, 1.807) is 0 Å². The third-order valence-corrected chi connectivity index (χ3v) is 0. The average molecular weight is 275 g/mol. The third-order valence-electron chi connectivity index (χ3n) is 0. The maximum atomic E-state index is 5.03. The molecule has 0 aliphatic carbocycles. The summed E-state index contributed by atoms with van der Waals surface area (Å²) in [5, 5.41) is 0. The Morgan fingerprint density at radius 2 is 0.667 bits per heavy atom.